The van der Waals surface area contributed by atoms with Crippen molar-refractivity contribution in [2.24, 2.45) is 0 Å². The molecule has 1 aliphatic heterocycles. The van der Waals surface area contributed by atoms with Crippen LogP contribution in [0.4, 0.5) is 17.1 Å². The normalized spacial score (nSPS) is 12.5. The predicted octanol–water partition coefficient (Wildman–Crippen LogP) is 4.73. The number of nitrogens with one attached hydrogen (secondary N) is 3. The SMILES string of the molecule is CCOC(=O)c1cnc2ccc(Br)cc2c1O.O=C(Nc1cccnc1)c1csc(C(=O)Nc2cnccc2N2CCNCC2)n1. The zero-order valence-corrected chi connectivity index (χ0v) is 27.0. The first-order valence-electron chi connectivity index (χ1n) is 14.2. The van der Waals surface area contributed by atoms with Crippen molar-refractivity contribution >= 4 is 73.0 Å². The van der Waals surface area contributed by atoms with Gasteiger partial charge in [-0.25, -0.2) is 9.78 Å². The van der Waals surface area contributed by atoms with Crippen LogP contribution in [0.3, 0.4) is 0 Å². The van der Waals surface area contributed by atoms with Gasteiger partial charge in [-0.3, -0.25) is 24.5 Å². The number of nitrogens with zero attached hydrogens (tertiary/aromatic N) is 5. The summed E-state index contributed by atoms with van der Waals surface area (Å²) in [5, 5.41) is 21.2. The Hall–Kier alpha value is -4.99. The largest absolute Gasteiger partial charge is 0.506 e. The quantitative estimate of drug-likeness (QED) is 0.173. The summed E-state index contributed by atoms with van der Waals surface area (Å²) in [7, 11) is 0. The number of aromatic hydroxyl groups is 1. The molecule has 0 spiro atoms. The Morgan fingerprint density at radius 3 is 2.61 bits per heavy atom. The molecule has 15 heteroatoms. The van der Waals surface area contributed by atoms with Crippen molar-refractivity contribution in [3.8, 4) is 5.75 Å². The molecule has 46 heavy (non-hydrogen) atoms. The van der Waals surface area contributed by atoms with Crippen LogP contribution in [-0.2, 0) is 4.74 Å². The van der Waals surface area contributed by atoms with E-state index in [9.17, 15) is 19.5 Å². The average Bonchev–Trinajstić information content (AvgIpc) is 3.58. The van der Waals surface area contributed by atoms with Crippen molar-refractivity contribution < 1.29 is 24.2 Å². The number of carbonyl (C=O) groups excluding carboxylic acids is 3. The molecule has 4 N–H and O–H groups in total. The standard InChI is InChI=1S/C19H19N7O2S.C12H10BrNO3/c27-17(23-13-2-1-4-21-10-13)15-12-29-19(25-15)18(28)24-14-11-22-5-3-16(14)26-8-6-20-7-9-26;1-2-17-12(16)9-6-14-10-4-3-7(13)5-8(10)11(9)15/h1-5,10-12,20H,6-9H2,(H,23,27)(H,24,28);3-6H,2H2,1H3,(H,14,15). The molecule has 1 aromatic carbocycles. The molecule has 13 nitrogen and oxygen atoms in total. The van der Waals surface area contributed by atoms with Crippen LogP contribution < -0.4 is 20.9 Å². The smallest absolute Gasteiger partial charge is 0.343 e. The highest BCUT2D eigenvalue weighted by Crippen LogP contribution is 2.30. The number of pyridine rings is 3. The van der Waals surface area contributed by atoms with E-state index in [1.165, 1.54) is 12.4 Å². The Kier molecular flexibility index (Phi) is 10.8. The molecule has 0 bridgehead atoms. The van der Waals surface area contributed by atoms with Gasteiger partial charge in [0, 0.05) is 60.0 Å². The molecule has 5 heterocycles. The fourth-order valence-electron chi connectivity index (χ4n) is 4.46. The van der Waals surface area contributed by atoms with E-state index in [0.29, 0.717) is 22.3 Å². The van der Waals surface area contributed by atoms with Crippen molar-refractivity contribution in [1.29, 1.82) is 0 Å². The molecule has 2 amide bonds. The Morgan fingerprint density at radius 1 is 1.04 bits per heavy atom. The molecule has 0 unspecified atom stereocenters. The van der Waals surface area contributed by atoms with E-state index in [4.69, 9.17) is 4.74 Å². The zero-order chi connectivity index (χ0) is 32.5. The van der Waals surface area contributed by atoms with Crippen LogP contribution in [0, 0.1) is 0 Å². The monoisotopic (exact) mass is 704 g/mol. The predicted molar refractivity (Wildman–Crippen MR) is 179 cm³/mol. The van der Waals surface area contributed by atoms with Gasteiger partial charge in [0.15, 0.2) is 5.01 Å². The third-order valence-corrected chi connectivity index (χ3v) is 7.99. The minimum atomic E-state index is -0.570. The van der Waals surface area contributed by atoms with Crippen LogP contribution in [0.5, 0.6) is 5.75 Å². The van der Waals surface area contributed by atoms with Crippen molar-refractivity contribution in [3.63, 3.8) is 0 Å². The Morgan fingerprint density at radius 2 is 1.85 bits per heavy atom. The second-order valence-electron chi connectivity index (χ2n) is 9.72. The molecule has 0 radical (unpaired) electrons. The van der Waals surface area contributed by atoms with Crippen LogP contribution >= 0.6 is 27.3 Å². The van der Waals surface area contributed by atoms with Gasteiger partial charge in [0.25, 0.3) is 11.8 Å². The lowest BCUT2D eigenvalue weighted by Gasteiger charge is -2.30. The molecule has 0 saturated carbocycles. The molecule has 0 atom stereocenters. The molecule has 4 aromatic heterocycles. The second kappa shape index (κ2) is 15.3. The van der Waals surface area contributed by atoms with Crippen LogP contribution in [0.1, 0.15) is 37.6 Å². The summed E-state index contributed by atoms with van der Waals surface area (Å²) < 4.78 is 5.65. The van der Waals surface area contributed by atoms with Crippen LogP contribution in [0.25, 0.3) is 10.9 Å². The van der Waals surface area contributed by atoms with Gasteiger partial charge in [0.05, 0.1) is 41.6 Å². The number of piperazine rings is 1. The maximum Gasteiger partial charge on any atom is 0.343 e. The number of benzene rings is 1. The molecule has 5 aromatic rings. The number of hydrogen-bond donors (Lipinski definition) is 4. The van der Waals surface area contributed by atoms with Gasteiger partial charge < -0.3 is 30.7 Å². The highest BCUT2D eigenvalue weighted by atomic mass is 79.9. The number of anilines is 3. The second-order valence-corrected chi connectivity index (χ2v) is 11.5. The summed E-state index contributed by atoms with van der Waals surface area (Å²) in [5.41, 5.74) is 2.98. The maximum absolute atomic E-state index is 12.7. The van der Waals surface area contributed by atoms with Crippen LogP contribution in [0.15, 0.2) is 77.2 Å². The highest BCUT2D eigenvalue weighted by molar-refractivity contribution is 9.10. The van der Waals surface area contributed by atoms with E-state index in [0.717, 1.165) is 47.7 Å². The molecule has 1 aliphatic rings. The number of rotatable bonds is 7. The van der Waals surface area contributed by atoms with E-state index in [2.05, 4.69) is 56.7 Å². The van der Waals surface area contributed by atoms with E-state index < -0.39 is 11.9 Å². The molecule has 236 valence electrons. The number of esters is 1. The lowest BCUT2D eigenvalue weighted by atomic mass is 10.1. The summed E-state index contributed by atoms with van der Waals surface area (Å²) in [4.78, 5) is 55.1. The topological polar surface area (TPSA) is 172 Å². The van der Waals surface area contributed by atoms with E-state index in [-0.39, 0.29) is 34.5 Å². The summed E-state index contributed by atoms with van der Waals surface area (Å²) in [5.74, 6) is -1.44. The number of amides is 2. The lowest BCUT2D eigenvalue weighted by molar-refractivity contribution is 0.0522. The summed E-state index contributed by atoms with van der Waals surface area (Å²) >= 11 is 4.42. The van der Waals surface area contributed by atoms with Crippen molar-refractivity contribution in [1.82, 2.24) is 25.3 Å². The van der Waals surface area contributed by atoms with Gasteiger partial charge in [-0.1, -0.05) is 15.9 Å². The van der Waals surface area contributed by atoms with Crippen molar-refractivity contribution in [2.45, 2.75) is 6.92 Å². The first-order valence-corrected chi connectivity index (χ1v) is 15.8. The number of halogens is 1. The third kappa shape index (κ3) is 7.99. The van der Waals surface area contributed by atoms with E-state index in [1.54, 1.807) is 55.2 Å². The van der Waals surface area contributed by atoms with Gasteiger partial charge in [-0.15, -0.1) is 11.3 Å². The van der Waals surface area contributed by atoms with Gasteiger partial charge in [0.1, 0.15) is 17.0 Å². The van der Waals surface area contributed by atoms with E-state index in [1.807, 2.05) is 12.1 Å². The van der Waals surface area contributed by atoms with Crippen LogP contribution in [0.2, 0.25) is 0 Å². The highest BCUT2D eigenvalue weighted by Gasteiger charge is 2.20. The number of aromatic nitrogens is 4. The first-order chi connectivity index (χ1) is 22.3. The Bertz CT molecular complexity index is 1850. The minimum absolute atomic E-state index is 0.0810. The molecule has 1 fully saturated rings. The number of carbonyl (C=O) groups is 3. The number of ether oxygens (including phenoxy) is 1. The Labute approximate surface area is 276 Å². The molecule has 1 saturated heterocycles. The van der Waals surface area contributed by atoms with Crippen molar-refractivity contribution in [2.75, 3.05) is 48.3 Å². The molecule has 0 aliphatic carbocycles. The summed E-state index contributed by atoms with van der Waals surface area (Å²) in [6, 6.07) is 10.6. The molecule has 6 rings (SSSR count). The van der Waals surface area contributed by atoms with Gasteiger partial charge in [0.2, 0.25) is 0 Å². The number of hydrogen-bond acceptors (Lipinski definition) is 12. The Balaban J connectivity index is 0.000000209. The summed E-state index contributed by atoms with van der Waals surface area (Å²) in [6.45, 7) is 5.44. The molecular formula is C31H29BrN8O5S. The van der Waals surface area contributed by atoms with Crippen LogP contribution in [-0.4, -0.2) is 75.6 Å². The average molecular weight is 706 g/mol. The first kappa shape index (κ1) is 32.4. The lowest BCUT2D eigenvalue weighted by Crippen LogP contribution is -2.43. The number of fused-ring (bicyclic) bond motifs is 1. The summed E-state index contributed by atoms with van der Waals surface area (Å²) in [6.07, 6.45) is 7.81. The minimum Gasteiger partial charge on any atom is -0.506 e. The van der Waals surface area contributed by atoms with Gasteiger partial charge >= 0.3 is 5.97 Å². The third-order valence-electron chi connectivity index (χ3n) is 6.65. The zero-order valence-electron chi connectivity index (χ0n) is 24.6. The van der Waals surface area contributed by atoms with Gasteiger partial charge in [-0.2, -0.15) is 0 Å². The van der Waals surface area contributed by atoms with Crippen molar-refractivity contribution in [3.05, 3.63) is 93.5 Å². The fourth-order valence-corrected chi connectivity index (χ4v) is 5.52. The molecular weight excluding hydrogens is 676 g/mol. The maximum atomic E-state index is 12.7. The van der Waals surface area contributed by atoms with E-state index >= 15 is 0 Å². The number of thiazole rings is 1. The van der Waals surface area contributed by atoms with Gasteiger partial charge in [-0.05, 0) is 43.3 Å². The fraction of sp³-hybridized carbons (Fsp3) is 0.194.